The van der Waals surface area contributed by atoms with Crippen LogP contribution in [0.15, 0.2) is 0 Å². The van der Waals surface area contributed by atoms with E-state index in [1.165, 1.54) is 0 Å². The molecular formula is C8H15NO2. The highest BCUT2D eigenvalue weighted by Crippen LogP contribution is 2.15. The quantitative estimate of drug-likeness (QED) is 0.640. The minimum atomic E-state index is 0.0407. The van der Waals surface area contributed by atoms with E-state index in [-0.39, 0.29) is 18.1 Å². The summed E-state index contributed by atoms with van der Waals surface area (Å²) in [6.07, 6.45) is 2.17. The molecule has 0 aliphatic carbocycles. The van der Waals surface area contributed by atoms with Crippen molar-refractivity contribution in [2.75, 3.05) is 6.61 Å². The Morgan fingerprint density at radius 2 is 2.45 bits per heavy atom. The SMILES string of the molecule is CC[C@@H]1OCC[C@H]1NC(C)=O. The van der Waals surface area contributed by atoms with Gasteiger partial charge in [0.15, 0.2) is 0 Å². The number of nitrogens with one attached hydrogen (secondary N) is 1. The van der Waals surface area contributed by atoms with E-state index in [1.807, 2.05) is 0 Å². The van der Waals surface area contributed by atoms with Gasteiger partial charge in [-0.15, -0.1) is 0 Å². The summed E-state index contributed by atoms with van der Waals surface area (Å²) < 4.78 is 5.40. The fourth-order valence-corrected chi connectivity index (χ4v) is 1.48. The first-order valence-electron chi connectivity index (χ1n) is 4.12. The molecule has 0 aromatic rings. The van der Waals surface area contributed by atoms with Crippen molar-refractivity contribution in [3.05, 3.63) is 0 Å². The van der Waals surface area contributed by atoms with Gasteiger partial charge in [-0.25, -0.2) is 0 Å². The molecule has 64 valence electrons. The van der Waals surface area contributed by atoms with E-state index in [9.17, 15) is 4.79 Å². The molecule has 1 N–H and O–H groups in total. The largest absolute Gasteiger partial charge is 0.376 e. The lowest BCUT2D eigenvalue weighted by Gasteiger charge is -2.16. The zero-order valence-corrected chi connectivity index (χ0v) is 7.09. The monoisotopic (exact) mass is 157 g/mol. The molecule has 0 radical (unpaired) electrons. The smallest absolute Gasteiger partial charge is 0.217 e. The van der Waals surface area contributed by atoms with E-state index in [1.54, 1.807) is 6.92 Å². The molecule has 1 saturated heterocycles. The minimum absolute atomic E-state index is 0.0407. The van der Waals surface area contributed by atoms with Crippen LogP contribution in [0.5, 0.6) is 0 Å². The Morgan fingerprint density at radius 1 is 1.73 bits per heavy atom. The number of carbonyl (C=O) groups is 1. The molecule has 1 amide bonds. The number of carbonyl (C=O) groups excluding carboxylic acids is 1. The Labute approximate surface area is 67.1 Å². The summed E-state index contributed by atoms with van der Waals surface area (Å²) in [7, 11) is 0. The number of rotatable bonds is 2. The number of ether oxygens (including phenoxy) is 1. The van der Waals surface area contributed by atoms with E-state index in [0.29, 0.717) is 0 Å². The third kappa shape index (κ3) is 2.19. The molecule has 2 atom stereocenters. The molecule has 11 heavy (non-hydrogen) atoms. The predicted octanol–water partition coefficient (Wildman–Crippen LogP) is 0.690. The van der Waals surface area contributed by atoms with E-state index < -0.39 is 0 Å². The minimum Gasteiger partial charge on any atom is -0.376 e. The maximum Gasteiger partial charge on any atom is 0.217 e. The molecule has 3 nitrogen and oxygen atoms in total. The fourth-order valence-electron chi connectivity index (χ4n) is 1.48. The highest BCUT2D eigenvalue weighted by molar-refractivity contribution is 5.73. The first-order chi connectivity index (χ1) is 5.24. The summed E-state index contributed by atoms with van der Waals surface area (Å²) >= 11 is 0. The van der Waals surface area contributed by atoms with E-state index in [4.69, 9.17) is 4.74 Å². The van der Waals surface area contributed by atoms with Crippen molar-refractivity contribution in [1.82, 2.24) is 5.32 Å². The molecule has 3 heteroatoms. The third-order valence-corrected chi connectivity index (χ3v) is 2.00. The molecular weight excluding hydrogens is 142 g/mol. The maximum absolute atomic E-state index is 10.7. The van der Waals surface area contributed by atoms with Crippen molar-refractivity contribution in [2.45, 2.75) is 38.8 Å². The second kappa shape index (κ2) is 3.72. The molecule has 0 spiro atoms. The van der Waals surface area contributed by atoms with Crippen LogP contribution in [0, 0.1) is 0 Å². The Kier molecular flexibility index (Phi) is 2.88. The number of amides is 1. The maximum atomic E-state index is 10.7. The lowest BCUT2D eigenvalue weighted by atomic mass is 10.1. The molecule has 0 saturated carbocycles. The van der Waals surface area contributed by atoms with Crippen molar-refractivity contribution in [3.8, 4) is 0 Å². The number of hydrogen-bond acceptors (Lipinski definition) is 2. The van der Waals surface area contributed by atoms with Crippen molar-refractivity contribution in [2.24, 2.45) is 0 Å². The molecule has 1 heterocycles. The van der Waals surface area contributed by atoms with Crippen molar-refractivity contribution in [3.63, 3.8) is 0 Å². The number of hydrogen-bond donors (Lipinski definition) is 1. The van der Waals surface area contributed by atoms with Crippen LogP contribution in [0.25, 0.3) is 0 Å². The molecule has 0 aromatic heterocycles. The van der Waals surface area contributed by atoms with Crippen LogP contribution in [-0.4, -0.2) is 24.7 Å². The molecule has 0 unspecified atom stereocenters. The lowest BCUT2D eigenvalue weighted by Crippen LogP contribution is -2.38. The van der Waals surface area contributed by atoms with Crippen molar-refractivity contribution < 1.29 is 9.53 Å². The topological polar surface area (TPSA) is 38.3 Å². The first-order valence-corrected chi connectivity index (χ1v) is 4.12. The van der Waals surface area contributed by atoms with E-state index in [0.717, 1.165) is 19.4 Å². The molecule has 1 fully saturated rings. The van der Waals surface area contributed by atoms with Gasteiger partial charge in [0.1, 0.15) is 0 Å². The molecule has 1 aliphatic rings. The zero-order valence-electron chi connectivity index (χ0n) is 7.09. The van der Waals surface area contributed by atoms with Gasteiger partial charge in [-0.2, -0.15) is 0 Å². The van der Waals surface area contributed by atoms with Gasteiger partial charge < -0.3 is 10.1 Å². The first kappa shape index (κ1) is 8.53. The van der Waals surface area contributed by atoms with Crippen molar-refractivity contribution >= 4 is 5.91 Å². The van der Waals surface area contributed by atoms with Crippen LogP contribution in [0.3, 0.4) is 0 Å². The van der Waals surface area contributed by atoms with Gasteiger partial charge in [0.05, 0.1) is 12.1 Å². The Balaban J connectivity index is 2.37. The van der Waals surface area contributed by atoms with Crippen LogP contribution in [0.4, 0.5) is 0 Å². The highest BCUT2D eigenvalue weighted by Gasteiger charge is 2.26. The average molecular weight is 157 g/mol. The predicted molar refractivity (Wildman–Crippen MR) is 42.3 cm³/mol. The second-order valence-electron chi connectivity index (χ2n) is 2.91. The molecule has 0 aromatic carbocycles. The van der Waals surface area contributed by atoms with Gasteiger partial charge in [0, 0.05) is 13.5 Å². The lowest BCUT2D eigenvalue weighted by molar-refractivity contribution is -0.120. The van der Waals surface area contributed by atoms with Gasteiger partial charge in [-0.1, -0.05) is 6.92 Å². The Bertz CT molecular complexity index is 147. The summed E-state index contributed by atoms with van der Waals surface area (Å²) in [5.74, 6) is 0.0407. The van der Waals surface area contributed by atoms with Crippen LogP contribution >= 0.6 is 0 Å². The molecule has 0 bridgehead atoms. The van der Waals surface area contributed by atoms with E-state index >= 15 is 0 Å². The normalized spacial score (nSPS) is 30.4. The zero-order chi connectivity index (χ0) is 8.27. The van der Waals surface area contributed by atoms with E-state index in [2.05, 4.69) is 12.2 Å². The van der Waals surface area contributed by atoms with Crippen molar-refractivity contribution in [1.29, 1.82) is 0 Å². The van der Waals surface area contributed by atoms with Crippen LogP contribution < -0.4 is 5.32 Å². The Hall–Kier alpha value is -0.570. The van der Waals surface area contributed by atoms with Crippen LogP contribution in [-0.2, 0) is 9.53 Å². The standard InChI is InChI=1S/C8H15NO2/c1-3-8-7(4-5-11-8)9-6(2)10/h7-8H,3-5H2,1-2H3,(H,9,10)/t7-,8+/m1/s1. The molecule has 1 aliphatic heterocycles. The van der Waals surface area contributed by atoms with Gasteiger partial charge in [0.2, 0.25) is 5.91 Å². The summed E-state index contributed by atoms with van der Waals surface area (Å²) in [6.45, 7) is 4.40. The van der Waals surface area contributed by atoms with Crippen LogP contribution in [0.1, 0.15) is 26.7 Å². The summed E-state index contributed by atoms with van der Waals surface area (Å²) in [6, 6.07) is 0.248. The summed E-state index contributed by atoms with van der Waals surface area (Å²) in [5, 5.41) is 2.88. The Morgan fingerprint density at radius 3 is 3.00 bits per heavy atom. The summed E-state index contributed by atoms with van der Waals surface area (Å²) in [5.41, 5.74) is 0. The third-order valence-electron chi connectivity index (χ3n) is 2.00. The average Bonchev–Trinajstić information content (AvgIpc) is 2.34. The van der Waals surface area contributed by atoms with Crippen LogP contribution in [0.2, 0.25) is 0 Å². The summed E-state index contributed by atoms with van der Waals surface area (Å²) in [4.78, 5) is 10.7. The van der Waals surface area contributed by atoms with Gasteiger partial charge >= 0.3 is 0 Å². The molecule has 1 rings (SSSR count). The highest BCUT2D eigenvalue weighted by atomic mass is 16.5. The second-order valence-corrected chi connectivity index (χ2v) is 2.91. The van der Waals surface area contributed by atoms with Gasteiger partial charge in [-0.3, -0.25) is 4.79 Å². The fraction of sp³-hybridized carbons (Fsp3) is 0.875. The van der Waals surface area contributed by atoms with Gasteiger partial charge in [-0.05, 0) is 12.8 Å². The van der Waals surface area contributed by atoms with Gasteiger partial charge in [0.25, 0.3) is 0 Å².